The Morgan fingerprint density at radius 3 is 2.67 bits per heavy atom. The quantitative estimate of drug-likeness (QED) is 0.589. The normalized spacial score (nSPS) is 44.0. The Bertz CT molecular complexity index is 142. The van der Waals surface area contributed by atoms with Crippen LogP contribution in [0.5, 0.6) is 0 Å². The monoisotopic (exact) mass is 168 g/mol. The molecule has 12 heavy (non-hydrogen) atoms. The van der Waals surface area contributed by atoms with E-state index >= 15 is 0 Å². The summed E-state index contributed by atoms with van der Waals surface area (Å²) in [6, 6.07) is 1.15. The summed E-state index contributed by atoms with van der Waals surface area (Å²) < 4.78 is 0. The Hall–Kier alpha value is -0.0800. The second kappa shape index (κ2) is 3.35. The van der Waals surface area contributed by atoms with Crippen LogP contribution in [0, 0.1) is 5.92 Å². The van der Waals surface area contributed by atoms with Gasteiger partial charge >= 0.3 is 0 Å². The van der Waals surface area contributed by atoms with Crippen molar-refractivity contribution in [1.29, 1.82) is 0 Å². The molecular weight excluding hydrogens is 148 g/mol. The standard InChI is InChI=1S/C10H20N2/c1-12-7-3-5-8-4-2-6-9(11)10(8)12/h8-10H,2-7,11H2,1H3. The van der Waals surface area contributed by atoms with Crippen LogP contribution in [0.2, 0.25) is 0 Å². The summed E-state index contributed by atoms with van der Waals surface area (Å²) in [6.45, 7) is 1.26. The predicted molar refractivity (Wildman–Crippen MR) is 51.0 cm³/mol. The van der Waals surface area contributed by atoms with Gasteiger partial charge in [0.05, 0.1) is 0 Å². The van der Waals surface area contributed by atoms with Crippen LogP contribution in [0.3, 0.4) is 0 Å². The maximum absolute atomic E-state index is 6.14. The molecular formula is C10H20N2. The molecule has 0 amide bonds. The van der Waals surface area contributed by atoms with Gasteiger partial charge in [0.1, 0.15) is 0 Å². The number of likely N-dealkylation sites (N-methyl/N-ethyl adjacent to an activating group) is 1. The molecule has 0 aromatic carbocycles. The molecule has 2 rings (SSSR count). The molecule has 0 aromatic rings. The fraction of sp³-hybridized carbons (Fsp3) is 1.00. The zero-order valence-electron chi connectivity index (χ0n) is 8.00. The van der Waals surface area contributed by atoms with Crippen LogP contribution < -0.4 is 5.73 Å². The van der Waals surface area contributed by atoms with Gasteiger partial charge in [-0.3, -0.25) is 0 Å². The van der Waals surface area contributed by atoms with Gasteiger partial charge in [-0.1, -0.05) is 6.42 Å². The molecule has 0 spiro atoms. The van der Waals surface area contributed by atoms with Crippen molar-refractivity contribution in [3.05, 3.63) is 0 Å². The van der Waals surface area contributed by atoms with E-state index < -0.39 is 0 Å². The highest BCUT2D eigenvalue weighted by Gasteiger charge is 2.35. The fourth-order valence-electron chi connectivity index (χ4n) is 3.06. The first-order chi connectivity index (χ1) is 5.79. The van der Waals surface area contributed by atoms with E-state index in [9.17, 15) is 0 Å². The number of rotatable bonds is 0. The van der Waals surface area contributed by atoms with Crippen LogP contribution in [0.1, 0.15) is 32.1 Å². The number of piperidine rings is 1. The average molecular weight is 168 g/mol. The first kappa shape index (κ1) is 8.52. The van der Waals surface area contributed by atoms with Crippen LogP contribution >= 0.6 is 0 Å². The van der Waals surface area contributed by atoms with E-state index in [4.69, 9.17) is 5.73 Å². The Labute approximate surface area is 75.1 Å². The van der Waals surface area contributed by atoms with Gasteiger partial charge in [0.15, 0.2) is 0 Å². The molecule has 3 unspecified atom stereocenters. The average Bonchev–Trinajstić information content (AvgIpc) is 2.04. The molecule has 2 heteroatoms. The van der Waals surface area contributed by atoms with E-state index in [1.165, 1.54) is 38.6 Å². The van der Waals surface area contributed by atoms with Crippen LogP contribution in [-0.4, -0.2) is 30.6 Å². The number of hydrogen-bond donors (Lipinski definition) is 1. The van der Waals surface area contributed by atoms with Crippen molar-refractivity contribution in [3.8, 4) is 0 Å². The largest absolute Gasteiger partial charge is 0.326 e. The highest BCUT2D eigenvalue weighted by molar-refractivity contribution is 4.93. The molecule has 2 nitrogen and oxygen atoms in total. The lowest BCUT2D eigenvalue weighted by molar-refractivity contribution is 0.0679. The Morgan fingerprint density at radius 2 is 1.92 bits per heavy atom. The highest BCUT2D eigenvalue weighted by Crippen LogP contribution is 2.33. The van der Waals surface area contributed by atoms with Crippen LogP contribution in [0.4, 0.5) is 0 Å². The van der Waals surface area contributed by atoms with Gasteiger partial charge in [-0.15, -0.1) is 0 Å². The molecule has 1 saturated carbocycles. The zero-order chi connectivity index (χ0) is 8.55. The minimum atomic E-state index is 0.453. The first-order valence-corrected chi connectivity index (χ1v) is 5.25. The highest BCUT2D eigenvalue weighted by atomic mass is 15.2. The third-order valence-corrected chi connectivity index (χ3v) is 3.63. The second-order valence-electron chi connectivity index (χ2n) is 4.47. The van der Waals surface area contributed by atoms with E-state index in [2.05, 4.69) is 11.9 Å². The van der Waals surface area contributed by atoms with Crippen molar-refractivity contribution in [2.24, 2.45) is 11.7 Å². The number of fused-ring (bicyclic) bond motifs is 1. The smallest absolute Gasteiger partial charge is 0.0272 e. The molecule has 0 radical (unpaired) electrons. The first-order valence-electron chi connectivity index (χ1n) is 5.25. The van der Waals surface area contributed by atoms with Gasteiger partial charge in [-0.25, -0.2) is 0 Å². The Balaban J connectivity index is 2.07. The van der Waals surface area contributed by atoms with Crippen LogP contribution in [-0.2, 0) is 0 Å². The SMILES string of the molecule is CN1CCCC2CCCC(N)C21. The molecule has 1 heterocycles. The number of hydrogen-bond acceptors (Lipinski definition) is 2. The lowest BCUT2D eigenvalue weighted by atomic mass is 9.76. The van der Waals surface area contributed by atoms with E-state index in [1.807, 2.05) is 0 Å². The third kappa shape index (κ3) is 1.38. The summed E-state index contributed by atoms with van der Waals surface area (Å²) in [6.07, 6.45) is 6.82. The molecule has 2 fully saturated rings. The van der Waals surface area contributed by atoms with Crippen molar-refractivity contribution in [2.45, 2.75) is 44.2 Å². The summed E-state index contributed by atoms with van der Waals surface area (Å²) in [5, 5.41) is 0. The molecule has 1 saturated heterocycles. The zero-order valence-corrected chi connectivity index (χ0v) is 8.00. The van der Waals surface area contributed by atoms with E-state index in [0.717, 1.165) is 5.92 Å². The molecule has 70 valence electrons. The third-order valence-electron chi connectivity index (χ3n) is 3.63. The maximum atomic E-state index is 6.14. The van der Waals surface area contributed by atoms with Crippen molar-refractivity contribution in [1.82, 2.24) is 4.90 Å². The summed E-state index contributed by atoms with van der Waals surface area (Å²) >= 11 is 0. The number of nitrogens with two attached hydrogens (primary N) is 1. The number of likely N-dealkylation sites (tertiary alicyclic amines) is 1. The van der Waals surface area contributed by atoms with Crippen molar-refractivity contribution in [3.63, 3.8) is 0 Å². The van der Waals surface area contributed by atoms with Gasteiger partial charge in [0.25, 0.3) is 0 Å². The Kier molecular flexibility index (Phi) is 2.37. The molecule has 0 bridgehead atoms. The van der Waals surface area contributed by atoms with Gasteiger partial charge in [-0.2, -0.15) is 0 Å². The molecule has 0 aromatic heterocycles. The van der Waals surface area contributed by atoms with Crippen molar-refractivity contribution >= 4 is 0 Å². The molecule has 2 aliphatic rings. The molecule has 1 aliphatic heterocycles. The lowest BCUT2D eigenvalue weighted by Crippen LogP contribution is -2.55. The molecule has 1 aliphatic carbocycles. The maximum Gasteiger partial charge on any atom is 0.0272 e. The summed E-state index contributed by atoms with van der Waals surface area (Å²) in [7, 11) is 2.24. The summed E-state index contributed by atoms with van der Waals surface area (Å²) in [4.78, 5) is 2.48. The van der Waals surface area contributed by atoms with E-state index in [1.54, 1.807) is 0 Å². The van der Waals surface area contributed by atoms with Gasteiger partial charge in [-0.05, 0) is 45.2 Å². The fourth-order valence-corrected chi connectivity index (χ4v) is 3.06. The van der Waals surface area contributed by atoms with Crippen LogP contribution in [0.25, 0.3) is 0 Å². The summed E-state index contributed by atoms with van der Waals surface area (Å²) in [5.41, 5.74) is 6.14. The topological polar surface area (TPSA) is 29.3 Å². The lowest BCUT2D eigenvalue weighted by Gasteiger charge is -2.45. The van der Waals surface area contributed by atoms with Crippen molar-refractivity contribution < 1.29 is 0 Å². The van der Waals surface area contributed by atoms with Gasteiger partial charge in [0, 0.05) is 12.1 Å². The van der Waals surface area contributed by atoms with E-state index in [-0.39, 0.29) is 0 Å². The van der Waals surface area contributed by atoms with Crippen molar-refractivity contribution in [2.75, 3.05) is 13.6 Å². The minimum absolute atomic E-state index is 0.453. The Morgan fingerprint density at radius 1 is 1.17 bits per heavy atom. The molecule has 3 atom stereocenters. The predicted octanol–water partition coefficient (Wildman–Crippen LogP) is 1.21. The molecule has 2 N–H and O–H groups in total. The number of nitrogens with zero attached hydrogens (tertiary/aromatic N) is 1. The second-order valence-corrected chi connectivity index (χ2v) is 4.47. The van der Waals surface area contributed by atoms with Gasteiger partial charge < -0.3 is 10.6 Å². The minimum Gasteiger partial charge on any atom is -0.326 e. The summed E-state index contributed by atoms with van der Waals surface area (Å²) in [5.74, 6) is 0.910. The van der Waals surface area contributed by atoms with Gasteiger partial charge in [0.2, 0.25) is 0 Å². The van der Waals surface area contributed by atoms with Crippen LogP contribution in [0.15, 0.2) is 0 Å². The van der Waals surface area contributed by atoms with E-state index in [0.29, 0.717) is 12.1 Å².